The summed E-state index contributed by atoms with van der Waals surface area (Å²) in [5.41, 5.74) is 6.96. The predicted octanol–water partition coefficient (Wildman–Crippen LogP) is 1.03. The Kier molecular flexibility index (Phi) is 5.01. The highest BCUT2D eigenvalue weighted by molar-refractivity contribution is 7.88. The smallest absolute Gasteiger partial charge is 0.215 e. The van der Waals surface area contributed by atoms with Gasteiger partial charge in [0.2, 0.25) is 10.0 Å². The number of hydrogen-bond acceptors (Lipinski definition) is 4. The van der Waals surface area contributed by atoms with Gasteiger partial charge in [0, 0.05) is 18.8 Å². The molecule has 0 radical (unpaired) electrons. The zero-order chi connectivity index (χ0) is 14.6. The summed E-state index contributed by atoms with van der Waals surface area (Å²) in [5, 5.41) is 0. The van der Waals surface area contributed by atoms with Crippen LogP contribution in [0.4, 0.5) is 5.69 Å². The van der Waals surface area contributed by atoms with Crippen LogP contribution in [0.5, 0.6) is 0 Å². The van der Waals surface area contributed by atoms with Crippen LogP contribution in [0.25, 0.3) is 0 Å². The van der Waals surface area contributed by atoms with Crippen molar-refractivity contribution < 1.29 is 8.42 Å². The molecule has 2 rings (SSSR count). The topological polar surface area (TPSA) is 75.4 Å². The van der Waals surface area contributed by atoms with E-state index in [4.69, 9.17) is 5.73 Å². The Labute approximate surface area is 121 Å². The van der Waals surface area contributed by atoms with E-state index in [2.05, 4.69) is 16.7 Å². The largest absolute Gasteiger partial charge is 0.398 e. The first-order chi connectivity index (χ1) is 9.46. The molecular formula is C14H23N3O2S. The number of nitrogen functional groups attached to an aromatic ring is 1. The van der Waals surface area contributed by atoms with Crippen molar-refractivity contribution in [3.05, 3.63) is 29.8 Å². The van der Waals surface area contributed by atoms with Crippen LogP contribution in [-0.2, 0) is 15.8 Å². The van der Waals surface area contributed by atoms with Gasteiger partial charge >= 0.3 is 0 Å². The van der Waals surface area contributed by atoms with Gasteiger partial charge in [0.15, 0.2) is 0 Å². The first-order valence-electron chi connectivity index (χ1n) is 6.95. The lowest BCUT2D eigenvalue weighted by molar-refractivity contribution is 0.211. The van der Waals surface area contributed by atoms with Crippen molar-refractivity contribution in [2.24, 2.45) is 5.92 Å². The Morgan fingerprint density at radius 2 is 2.15 bits per heavy atom. The second-order valence-corrected chi connectivity index (χ2v) is 7.38. The molecule has 0 aromatic heterocycles. The van der Waals surface area contributed by atoms with E-state index in [1.165, 1.54) is 0 Å². The van der Waals surface area contributed by atoms with Crippen molar-refractivity contribution in [2.75, 3.05) is 32.4 Å². The highest BCUT2D eigenvalue weighted by Crippen LogP contribution is 2.16. The van der Waals surface area contributed by atoms with Crippen molar-refractivity contribution in [1.82, 2.24) is 9.62 Å². The Hall–Kier alpha value is -1.11. The monoisotopic (exact) mass is 297 g/mol. The van der Waals surface area contributed by atoms with Crippen molar-refractivity contribution in [1.29, 1.82) is 0 Å². The third kappa shape index (κ3) is 4.47. The number of para-hydroxylation sites is 1. The van der Waals surface area contributed by atoms with Gasteiger partial charge < -0.3 is 10.6 Å². The number of sulfonamides is 1. The Bertz CT molecular complexity index is 545. The lowest BCUT2D eigenvalue weighted by Gasteiger charge is -2.29. The van der Waals surface area contributed by atoms with E-state index in [0.717, 1.165) is 25.9 Å². The van der Waals surface area contributed by atoms with E-state index in [-0.39, 0.29) is 5.75 Å². The van der Waals surface area contributed by atoms with Crippen LogP contribution >= 0.6 is 0 Å². The highest BCUT2D eigenvalue weighted by atomic mass is 32.2. The Morgan fingerprint density at radius 3 is 2.85 bits per heavy atom. The third-order valence-corrected chi connectivity index (χ3v) is 5.01. The fraction of sp³-hybridized carbons (Fsp3) is 0.571. The highest BCUT2D eigenvalue weighted by Gasteiger charge is 2.20. The number of anilines is 1. The minimum atomic E-state index is -3.32. The molecule has 0 amide bonds. The molecule has 20 heavy (non-hydrogen) atoms. The zero-order valence-corrected chi connectivity index (χ0v) is 12.7. The zero-order valence-electron chi connectivity index (χ0n) is 11.9. The lowest BCUT2D eigenvalue weighted by Crippen LogP contribution is -2.39. The molecule has 1 fully saturated rings. The third-order valence-electron chi connectivity index (χ3n) is 3.71. The van der Waals surface area contributed by atoms with E-state index in [9.17, 15) is 8.42 Å². The summed E-state index contributed by atoms with van der Waals surface area (Å²) < 4.78 is 26.9. The summed E-state index contributed by atoms with van der Waals surface area (Å²) in [5.74, 6) is 0.346. The molecule has 1 heterocycles. The van der Waals surface area contributed by atoms with Crippen molar-refractivity contribution in [3.63, 3.8) is 0 Å². The number of nitrogens with one attached hydrogen (secondary N) is 1. The first-order valence-corrected chi connectivity index (χ1v) is 8.61. The number of benzene rings is 1. The number of likely N-dealkylation sites (tertiary alicyclic amines) is 1. The van der Waals surface area contributed by atoms with E-state index in [1.54, 1.807) is 24.3 Å². The second kappa shape index (κ2) is 6.56. The molecule has 1 saturated heterocycles. The maximum absolute atomic E-state index is 12.1. The van der Waals surface area contributed by atoms with Gasteiger partial charge in [-0.3, -0.25) is 0 Å². The summed E-state index contributed by atoms with van der Waals surface area (Å²) in [4.78, 5) is 2.25. The maximum atomic E-state index is 12.1. The molecule has 1 aromatic carbocycles. The van der Waals surface area contributed by atoms with Gasteiger partial charge in [-0.2, -0.15) is 0 Å². The normalized spacial score (nSPS) is 20.9. The number of piperidine rings is 1. The minimum Gasteiger partial charge on any atom is -0.398 e. The molecule has 3 N–H and O–H groups in total. The summed E-state index contributed by atoms with van der Waals surface area (Å²) in [7, 11) is -1.25. The molecule has 112 valence electrons. The van der Waals surface area contributed by atoms with Gasteiger partial charge in [-0.05, 0) is 44.0 Å². The Balaban J connectivity index is 1.89. The summed E-state index contributed by atoms with van der Waals surface area (Å²) in [6.07, 6.45) is 2.22. The molecule has 0 saturated carbocycles. The lowest BCUT2D eigenvalue weighted by atomic mass is 9.99. The standard InChI is InChI=1S/C14H23N3O2S/c1-17-8-4-5-12(10-17)9-16-20(18,19)11-13-6-2-3-7-14(13)15/h2-3,6-7,12,16H,4-5,8-11,15H2,1H3. The number of nitrogens with zero attached hydrogens (tertiary/aromatic N) is 1. The summed E-state index contributed by atoms with van der Waals surface area (Å²) in [6, 6.07) is 7.08. The quantitative estimate of drug-likeness (QED) is 0.796. The summed E-state index contributed by atoms with van der Waals surface area (Å²) in [6.45, 7) is 2.57. The molecule has 1 aromatic rings. The molecule has 1 aliphatic heterocycles. The van der Waals surface area contributed by atoms with Crippen LogP contribution in [0, 0.1) is 5.92 Å². The van der Waals surface area contributed by atoms with E-state index in [0.29, 0.717) is 23.7 Å². The molecular weight excluding hydrogens is 274 g/mol. The van der Waals surface area contributed by atoms with Crippen LogP contribution in [0.15, 0.2) is 24.3 Å². The van der Waals surface area contributed by atoms with Gasteiger partial charge in [-0.1, -0.05) is 18.2 Å². The number of nitrogens with two attached hydrogens (primary N) is 1. The molecule has 1 aliphatic rings. The van der Waals surface area contributed by atoms with Crippen molar-refractivity contribution in [3.8, 4) is 0 Å². The van der Waals surface area contributed by atoms with Crippen LogP contribution in [-0.4, -0.2) is 40.0 Å². The average Bonchev–Trinajstić information content (AvgIpc) is 2.39. The van der Waals surface area contributed by atoms with Gasteiger partial charge in [0.25, 0.3) is 0 Å². The molecule has 1 atom stereocenters. The van der Waals surface area contributed by atoms with Gasteiger partial charge in [0.05, 0.1) is 5.75 Å². The van der Waals surface area contributed by atoms with E-state index >= 15 is 0 Å². The van der Waals surface area contributed by atoms with Crippen molar-refractivity contribution >= 4 is 15.7 Å². The van der Waals surface area contributed by atoms with Gasteiger partial charge in [-0.25, -0.2) is 13.1 Å². The average molecular weight is 297 g/mol. The molecule has 0 aliphatic carbocycles. The molecule has 6 heteroatoms. The molecule has 0 spiro atoms. The Morgan fingerprint density at radius 1 is 1.40 bits per heavy atom. The maximum Gasteiger partial charge on any atom is 0.215 e. The first kappa shape index (κ1) is 15.3. The number of rotatable bonds is 5. The number of hydrogen-bond donors (Lipinski definition) is 2. The fourth-order valence-electron chi connectivity index (χ4n) is 2.61. The van der Waals surface area contributed by atoms with Gasteiger partial charge in [-0.15, -0.1) is 0 Å². The SMILES string of the molecule is CN1CCCC(CNS(=O)(=O)Cc2ccccc2N)C1. The fourth-order valence-corrected chi connectivity index (χ4v) is 3.87. The van der Waals surface area contributed by atoms with Crippen LogP contribution in [0.3, 0.4) is 0 Å². The molecule has 5 nitrogen and oxygen atoms in total. The molecule has 1 unspecified atom stereocenters. The minimum absolute atomic E-state index is 0.0533. The predicted molar refractivity (Wildman–Crippen MR) is 81.7 cm³/mol. The van der Waals surface area contributed by atoms with Crippen LogP contribution < -0.4 is 10.5 Å². The molecule has 0 bridgehead atoms. The van der Waals surface area contributed by atoms with E-state index in [1.807, 2.05) is 0 Å². The van der Waals surface area contributed by atoms with Crippen LogP contribution in [0.1, 0.15) is 18.4 Å². The summed E-state index contributed by atoms with van der Waals surface area (Å²) >= 11 is 0. The van der Waals surface area contributed by atoms with Crippen LogP contribution in [0.2, 0.25) is 0 Å². The second-order valence-electron chi connectivity index (χ2n) is 5.58. The van der Waals surface area contributed by atoms with E-state index < -0.39 is 10.0 Å². The van der Waals surface area contributed by atoms with Crippen molar-refractivity contribution in [2.45, 2.75) is 18.6 Å². The van der Waals surface area contributed by atoms with Gasteiger partial charge in [0.1, 0.15) is 0 Å².